The van der Waals surface area contributed by atoms with Crippen LogP contribution in [0.25, 0.3) is 17.1 Å². The molecule has 0 spiro atoms. The van der Waals surface area contributed by atoms with E-state index in [1.807, 2.05) is 42.5 Å². The monoisotopic (exact) mass is 320 g/mol. The van der Waals surface area contributed by atoms with Crippen LogP contribution in [-0.2, 0) is 4.79 Å². The molecule has 1 aromatic carbocycles. The normalized spacial score (nSPS) is 12.1. The summed E-state index contributed by atoms with van der Waals surface area (Å²) >= 11 is 0. The summed E-state index contributed by atoms with van der Waals surface area (Å²) in [6.07, 6.45) is 0. The summed E-state index contributed by atoms with van der Waals surface area (Å²) < 4.78 is 2.12. The van der Waals surface area contributed by atoms with E-state index in [2.05, 4.69) is 30.5 Å². The summed E-state index contributed by atoms with van der Waals surface area (Å²) in [4.78, 5) is 15.8. The highest BCUT2D eigenvalue weighted by molar-refractivity contribution is 5.76. The highest BCUT2D eigenvalue weighted by atomic mass is 16.4. The zero-order valence-electron chi connectivity index (χ0n) is 14.0. The first-order chi connectivity index (χ1) is 11.5. The molecule has 0 aliphatic carbocycles. The van der Waals surface area contributed by atoms with Gasteiger partial charge in [-0.1, -0.05) is 30.3 Å². The summed E-state index contributed by atoms with van der Waals surface area (Å²) in [5.74, 6) is -0.444. The van der Waals surface area contributed by atoms with Crippen LogP contribution in [0.5, 0.6) is 0 Å². The van der Waals surface area contributed by atoms with Crippen LogP contribution >= 0.6 is 0 Å². The fourth-order valence-electron chi connectivity index (χ4n) is 2.82. The Kier molecular flexibility index (Phi) is 4.21. The van der Waals surface area contributed by atoms with Crippen molar-refractivity contribution in [2.45, 2.75) is 26.7 Å². The Bertz CT molecular complexity index is 859. The number of carbonyl (C=O) groups is 1. The third-order valence-electron chi connectivity index (χ3n) is 4.31. The maximum atomic E-state index is 11.1. The van der Waals surface area contributed by atoms with Gasteiger partial charge in [-0.25, -0.2) is 4.98 Å². The number of pyridine rings is 1. The minimum Gasteiger partial charge on any atom is -0.481 e. The number of hydrogen-bond donors (Lipinski definition) is 1. The van der Waals surface area contributed by atoms with E-state index in [1.54, 1.807) is 6.92 Å². The first-order valence-corrected chi connectivity index (χ1v) is 7.93. The van der Waals surface area contributed by atoms with E-state index >= 15 is 0 Å². The van der Waals surface area contributed by atoms with Gasteiger partial charge in [-0.3, -0.25) is 4.79 Å². The van der Waals surface area contributed by atoms with Crippen LogP contribution < -0.4 is 0 Å². The molecule has 3 rings (SSSR count). The van der Waals surface area contributed by atoms with Crippen LogP contribution in [0.15, 0.2) is 54.6 Å². The number of hydrogen-bond acceptors (Lipinski definition) is 2. The molecular formula is C20H20N2O2. The van der Waals surface area contributed by atoms with Gasteiger partial charge in [0, 0.05) is 17.0 Å². The largest absolute Gasteiger partial charge is 0.481 e. The van der Waals surface area contributed by atoms with Gasteiger partial charge in [-0.05, 0) is 50.6 Å². The van der Waals surface area contributed by atoms with Crippen molar-refractivity contribution in [2.24, 2.45) is 0 Å². The Morgan fingerprint density at radius 3 is 2.21 bits per heavy atom. The lowest BCUT2D eigenvalue weighted by molar-refractivity contribution is -0.138. The van der Waals surface area contributed by atoms with Crippen LogP contribution in [0.4, 0.5) is 0 Å². The Balaban J connectivity index is 1.96. The zero-order chi connectivity index (χ0) is 17.3. The molecule has 0 saturated carbocycles. The van der Waals surface area contributed by atoms with Gasteiger partial charge in [0.15, 0.2) is 0 Å². The number of aryl methyl sites for hydroxylation is 2. The third-order valence-corrected chi connectivity index (χ3v) is 4.31. The smallest absolute Gasteiger partial charge is 0.310 e. The highest BCUT2D eigenvalue weighted by Crippen LogP contribution is 2.23. The lowest BCUT2D eigenvalue weighted by atomic mass is 9.99. The Morgan fingerprint density at radius 2 is 1.62 bits per heavy atom. The molecule has 2 heterocycles. The molecule has 0 bridgehead atoms. The first kappa shape index (κ1) is 16.0. The van der Waals surface area contributed by atoms with Gasteiger partial charge in [-0.2, -0.15) is 0 Å². The molecule has 4 nitrogen and oxygen atoms in total. The van der Waals surface area contributed by atoms with Gasteiger partial charge >= 0.3 is 5.97 Å². The lowest BCUT2D eigenvalue weighted by Crippen LogP contribution is -2.07. The van der Waals surface area contributed by atoms with Gasteiger partial charge in [0.2, 0.25) is 0 Å². The highest BCUT2D eigenvalue weighted by Gasteiger charge is 2.13. The second-order valence-electron chi connectivity index (χ2n) is 6.01. The molecule has 0 amide bonds. The Morgan fingerprint density at radius 1 is 1.00 bits per heavy atom. The summed E-state index contributed by atoms with van der Waals surface area (Å²) in [6, 6.07) is 17.7. The molecule has 0 fully saturated rings. The average molecular weight is 320 g/mol. The first-order valence-electron chi connectivity index (χ1n) is 7.93. The maximum Gasteiger partial charge on any atom is 0.310 e. The molecule has 4 heteroatoms. The van der Waals surface area contributed by atoms with Crippen LogP contribution in [0.2, 0.25) is 0 Å². The third kappa shape index (κ3) is 2.95. The average Bonchev–Trinajstić information content (AvgIpc) is 2.93. The van der Waals surface area contributed by atoms with Crippen LogP contribution in [-0.4, -0.2) is 20.6 Å². The molecule has 0 radical (unpaired) electrons. The van der Waals surface area contributed by atoms with E-state index in [4.69, 9.17) is 10.1 Å². The number of benzene rings is 1. The van der Waals surface area contributed by atoms with Gasteiger partial charge in [0.25, 0.3) is 0 Å². The Labute approximate surface area is 141 Å². The van der Waals surface area contributed by atoms with E-state index in [1.165, 1.54) is 0 Å². The van der Waals surface area contributed by atoms with Crippen molar-refractivity contribution in [3.05, 3.63) is 71.5 Å². The molecule has 1 N–H and O–H groups in total. The summed E-state index contributed by atoms with van der Waals surface area (Å²) in [7, 11) is 0. The molecule has 122 valence electrons. The van der Waals surface area contributed by atoms with Gasteiger partial charge in [-0.15, -0.1) is 0 Å². The SMILES string of the molecule is Cc1ccc(C)n1-c1cccc(-c2ccc(C(C)C(=O)O)cc2)n1. The molecule has 1 atom stereocenters. The maximum absolute atomic E-state index is 11.1. The van der Waals surface area contributed by atoms with Crippen molar-refractivity contribution in [1.82, 2.24) is 9.55 Å². The van der Waals surface area contributed by atoms with Gasteiger partial charge < -0.3 is 9.67 Å². The molecule has 0 aliphatic rings. The number of carboxylic acids is 1. The number of aliphatic carboxylic acids is 1. The van der Waals surface area contributed by atoms with Crippen molar-refractivity contribution in [1.29, 1.82) is 0 Å². The quantitative estimate of drug-likeness (QED) is 0.778. The summed E-state index contributed by atoms with van der Waals surface area (Å²) in [5, 5.41) is 9.10. The van der Waals surface area contributed by atoms with Crippen molar-refractivity contribution >= 4 is 5.97 Å². The minimum atomic E-state index is -0.818. The predicted molar refractivity (Wildman–Crippen MR) is 94.5 cm³/mol. The number of carboxylic acid groups (broad SMARTS) is 1. The van der Waals surface area contributed by atoms with E-state index in [-0.39, 0.29) is 0 Å². The van der Waals surface area contributed by atoms with Crippen molar-refractivity contribution < 1.29 is 9.90 Å². The minimum absolute atomic E-state index is 0.511. The number of rotatable bonds is 4. The molecular weight excluding hydrogens is 300 g/mol. The fraction of sp³-hybridized carbons (Fsp3) is 0.200. The predicted octanol–water partition coefficient (Wildman–Crippen LogP) is 4.34. The van der Waals surface area contributed by atoms with Gasteiger partial charge in [0.05, 0.1) is 11.6 Å². The molecule has 24 heavy (non-hydrogen) atoms. The molecule has 0 aliphatic heterocycles. The summed E-state index contributed by atoms with van der Waals surface area (Å²) in [6.45, 7) is 5.81. The zero-order valence-corrected chi connectivity index (χ0v) is 14.0. The van der Waals surface area contributed by atoms with E-state index < -0.39 is 11.9 Å². The van der Waals surface area contributed by atoms with Crippen LogP contribution in [0.1, 0.15) is 29.8 Å². The molecule has 0 saturated heterocycles. The van der Waals surface area contributed by atoms with Crippen molar-refractivity contribution in [3.63, 3.8) is 0 Å². The topological polar surface area (TPSA) is 55.1 Å². The number of aromatic nitrogens is 2. The Hall–Kier alpha value is -2.88. The number of nitrogens with zero attached hydrogens (tertiary/aromatic N) is 2. The van der Waals surface area contributed by atoms with E-state index in [0.717, 1.165) is 34.0 Å². The van der Waals surface area contributed by atoms with E-state index in [0.29, 0.717) is 0 Å². The lowest BCUT2D eigenvalue weighted by Gasteiger charge is -2.11. The standard InChI is InChI=1S/C20H20N2O2/c1-13-7-8-14(2)22(13)19-6-4-5-18(21-19)17-11-9-16(10-12-17)15(3)20(23)24/h4-12,15H,1-3H3,(H,23,24). The van der Waals surface area contributed by atoms with Crippen LogP contribution in [0, 0.1) is 13.8 Å². The van der Waals surface area contributed by atoms with Crippen LogP contribution in [0.3, 0.4) is 0 Å². The molecule has 2 aromatic heterocycles. The van der Waals surface area contributed by atoms with Crippen molar-refractivity contribution in [3.8, 4) is 17.1 Å². The second kappa shape index (κ2) is 6.32. The fourth-order valence-corrected chi connectivity index (χ4v) is 2.82. The van der Waals surface area contributed by atoms with Crippen molar-refractivity contribution in [2.75, 3.05) is 0 Å². The van der Waals surface area contributed by atoms with E-state index in [9.17, 15) is 4.79 Å². The summed E-state index contributed by atoms with van der Waals surface area (Å²) in [5.41, 5.74) is 4.92. The molecule has 3 aromatic rings. The second-order valence-corrected chi connectivity index (χ2v) is 6.01. The van der Waals surface area contributed by atoms with Gasteiger partial charge in [0.1, 0.15) is 5.82 Å². The molecule has 1 unspecified atom stereocenters.